The summed E-state index contributed by atoms with van der Waals surface area (Å²) in [4.78, 5) is 7.65. The molecule has 0 aliphatic rings. The number of nitrogens with one attached hydrogen (secondary N) is 1. The van der Waals surface area contributed by atoms with Gasteiger partial charge in [0.15, 0.2) is 0 Å². The number of benzene rings is 2. The smallest absolute Gasteiger partial charge is 0.141 e. The summed E-state index contributed by atoms with van der Waals surface area (Å²) in [5, 5.41) is 9.69. The Kier molecular flexibility index (Phi) is 4.19. The van der Waals surface area contributed by atoms with E-state index in [1.807, 2.05) is 31.2 Å². The average Bonchev–Trinajstić information content (AvgIpc) is 3.06. The van der Waals surface area contributed by atoms with Crippen LogP contribution in [0.15, 0.2) is 48.7 Å². The van der Waals surface area contributed by atoms with Crippen molar-refractivity contribution in [3.8, 4) is 39.9 Å². The maximum atomic E-state index is 9.69. The summed E-state index contributed by atoms with van der Waals surface area (Å²) in [5.74, 6) is 2.29. The van der Waals surface area contributed by atoms with E-state index >= 15 is 0 Å². The van der Waals surface area contributed by atoms with Crippen LogP contribution in [0.4, 0.5) is 0 Å². The molecule has 0 fully saturated rings. The Balaban J connectivity index is 1.93. The van der Waals surface area contributed by atoms with E-state index < -0.39 is 0 Å². The van der Waals surface area contributed by atoms with E-state index in [2.05, 4.69) is 9.97 Å². The van der Waals surface area contributed by atoms with Crippen molar-refractivity contribution in [3.05, 3.63) is 48.7 Å². The van der Waals surface area contributed by atoms with Crippen LogP contribution < -0.4 is 9.47 Å². The number of rotatable bonds is 5. The summed E-state index contributed by atoms with van der Waals surface area (Å²) >= 11 is 0. The highest BCUT2D eigenvalue weighted by Gasteiger charge is 2.11. The number of ether oxygens (including phenoxy) is 2. The largest absolute Gasteiger partial charge is 0.508 e. The predicted octanol–water partition coefficient (Wildman–Crippen LogP) is 3.86. The van der Waals surface area contributed by atoms with E-state index in [0.29, 0.717) is 23.7 Å². The van der Waals surface area contributed by atoms with Crippen molar-refractivity contribution in [2.24, 2.45) is 0 Å². The van der Waals surface area contributed by atoms with E-state index in [1.165, 1.54) is 0 Å². The molecular formula is C18H18N2O3. The summed E-state index contributed by atoms with van der Waals surface area (Å²) < 4.78 is 10.8. The summed E-state index contributed by atoms with van der Waals surface area (Å²) in [6.45, 7) is 2.60. The van der Waals surface area contributed by atoms with Crippen molar-refractivity contribution >= 4 is 0 Å². The SMILES string of the molecule is CCOc1ccc(-c2cnc(-c3cc(O)ccc3OC)[nH]2)cc1. The molecule has 1 aromatic heterocycles. The van der Waals surface area contributed by atoms with Crippen LogP contribution in [0, 0.1) is 0 Å². The lowest BCUT2D eigenvalue weighted by Gasteiger charge is -2.06. The fraction of sp³-hybridized carbons (Fsp3) is 0.167. The minimum absolute atomic E-state index is 0.166. The van der Waals surface area contributed by atoms with Crippen molar-refractivity contribution < 1.29 is 14.6 Å². The van der Waals surface area contributed by atoms with E-state index in [-0.39, 0.29) is 5.75 Å². The number of hydrogen-bond donors (Lipinski definition) is 2. The first-order valence-electron chi connectivity index (χ1n) is 7.37. The first-order valence-corrected chi connectivity index (χ1v) is 7.37. The van der Waals surface area contributed by atoms with Crippen LogP contribution in [0.3, 0.4) is 0 Å². The molecule has 5 nitrogen and oxygen atoms in total. The molecule has 23 heavy (non-hydrogen) atoms. The van der Waals surface area contributed by atoms with Gasteiger partial charge in [-0.15, -0.1) is 0 Å². The second-order valence-electron chi connectivity index (χ2n) is 4.99. The zero-order chi connectivity index (χ0) is 16.2. The molecule has 0 aliphatic heterocycles. The number of aromatic amines is 1. The van der Waals surface area contributed by atoms with Crippen molar-refractivity contribution in [1.29, 1.82) is 0 Å². The standard InChI is InChI=1S/C18H18N2O3/c1-3-23-14-7-4-12(5-8-14)16-11-19-18(20-16)15-10-13(21)6-9-17(15)22-2/h4-11,21H,3H2,1-2H3,(H,19,20). The van der Waals surface area contributed by atoms with Crippen LogP contribution in [0.2, 0.25) is 0 Å². The molecule has 0 amide bonds. The number of aromatic hydroxyl groups is 1. The molecule has 2 aromatic carbocycles. The number of methoxy groups -OCH3 is 1. The first kappa shape index (κ1) is 15.0. The molecule has 0 unspecified atom stereocenters. The molecule has 2 N–H and O–H groups in total. The lowest BCUT2D eigenvalue weighted by atomic mass is 10.1. The Labute approximate surface area is 134 Å². The molecule has 5 heteroatoms. The average molecular weight is 310 g/mol. The topological polar surface area (TPSA) is 67.4 Å². The number of phenols is 1. The summed E-state index contributed by atoms with van der Waals surface area (Å²) in [6, 6.07) is 12.7. The van der Waals surface area contributed by atoms with Gasteiger partial charge in [0, 0.05) is 0 Å². The van der Waals surface area contributed by atoms with Crippen LogP contribution in [-0.2, 0) is 0 Å². The Bertz CT molecular complexity index is 794. The minimum atomic E-state index is 0.166. The normalized spacial score (nSPS) is 10.5. The molecule has 3 rings (SSSR count). The predicted molar refractivity (Wildman–Crippen MR) is 88.8 cm³/mol. The third-order valence-electron chi connectivity index (χ3n) is 3.49. The van der Waals surface area contributed by atoms with Gasteiger partial charge in [-0.1, -0.05) is 0 Å². The summed E-state index contributed by atoms with van der Waals surface area (Å²) in [5.41, 5.74) is 2.60. The number of phenolic OH excluding ortho intramolecular Hbond substituents is 1. The van der Waals surface area contributed by atoms with E-state index in [9.17, 15) is 5.11 Å². The molecule has 0 saturated carbocycles. The van der Waals surface area contributed by atoms with Crippen LogP contribution in [0.1, 0.15) is 6.92 Å². The fourth-order valence-electron chi connectivity index (χ4n) is 2.38. The van der Waals surface area contributed by atoms with Crippen molar-refractivity contribution in [2.45, 2.75) is 6.92 Å². The fourth-order valence-corrected chi connectivity index (χ4v) is 2.38. The van der Waals surface area contributed by atoms with Gasteiger partial charge >= 0.3 is 0 Å². The molecule has 0 saturated heterocycles. The molecule has 118 valence electrons. The van der Waals surface area contributed by atoms with Gasteiger partial charge in [0.25, 0.3) is 0 Å². The molecule has 0 radical (unpaired) electrons. The van der Waals surface area contributed by atoms with Gasteiger partial charge in [-0.05, 0) is 55.0 Å². The molecule has 0 spiro atoms. The van der Waals surface area contributed by atoms with Gasteiger partial charge in [0.2, 0.25) is 0 Å². The van der Waals surface area contributed by atoms with E-state index in [1.54, 1.807) is 31.5 Å². The monoisotopic (exact) mass is 310 g/mol. The molecular weight excluding hydrogens is 292 g/mol. The van der Waals surface area contributed by atoms with Crippen molar-refractivity contribution in [2.75, 3.05) is 13.7 Å². The van der Waals surface area contributed by atoms with Crippen LogP contribution in [0.5, 0.6) is 17.2 Å². The van der Waals surface area contributed by atoms with Gasteiger partial charge in [0.05, 0.1) is 31.2 Å². The van der Waals surface area contributed by atoms with Gasteiger partial charge in [-0.2, -0.15) is 0 Å². The number of aromatic nitrogens is 2. The van der Waals surface area contributed by atoms with Gasteiger partial charge in [0.1, 0.15) is 23.1 Å². The van der Waals surface area contributed by atoms with Crippen LogP contribution >= 0.6 is 0 Å². The van der Waals surface area contributed by atoms with Gasteiger partial charge in [-0.3, -0.25) is 0 Å². The van der Waals surface area contributed by atoms with Gasteiger partial charge in [-0.25, -0.2) is 4.98 Å². The Morgan fingerprint density at radius 2 is 1.91 bits per heavy atom. The number of H-pyrrole nitrogens is 1. The number of nitrogens with zero attached hydrogens (tertiary/aromatic N) is 1. The lowest BCUT2D eigenvalue weighted by molar-refractivity contribution is 0.340. The zero-order valence-electron chi connectivity index (χ0n) is 13.0. The zero-order valence-corrected chi connectivity index (χ0v) is 13.0. The quantitative estimate of drug-likeness (QED) is 0.751. The molecule has 0 aliphatic carbocycles. The highest BCUT2D eigenvalue weighted by atomic mass is 16.5. The highest BCUT2D eigenvalue weighted by molar-refractivity contribution is 5.70. The van der Waals surface area contributed by atoms with Crippen molar-refractivity contribution in [3.63, 3.8) is 0 Å². The van der Waals surface area contributed by atoms with Gasteiger partial charge < -0.3 is 19.6 Å². The third-order valence-corrected chi connectivity index (χ3v) is 3.49. The Morgan fingerprint density at radius 3 is 2.61 bits per heavy atom. The first-order chi connectivity index (χ1) is 11.2. The molecule has 1 heterocycles. The summed E-state index contributed by atoms with van der Waals surface area (Å²) in [6.07, 6.45) is 1.76. The third kappa shape index (κ3) is 3.13. The van der Waals surface area contributed by atoms with Crippen molar-refractivity contribution in [1.82, 2.24) is 9.97 Å². The lowest BCUT2D eigenvalue weighted by Crippen LogP contribution is -1.90. The van der Waals surface area contributed by atoms with E-state index in [4.69, 9.17) is 9.47 Å². The minimum Gasteiger partial charge on any atom is -0.508 e. The van der Waals surface area contributed by atoms with Crippen LogP contribution in [0.25, 0.3) is 22.6 Å². The Hall–Kier alpha value is -2.95. The Morgan fingerprint density at radius 1 is 1.13 bits per heavy atom. The highest BCUT2D eigenvalue weighted by Crippen LogP contribution is 2.32. The maximum absolute atomic E-state index is 9.69. The van der Waals surface area contributed by atoms with Crippen LogP contribution in [-0.4, -0.2) is 28.8 Å². The van der Waals surface area contributed by atoms with E-state index in [0.717, 1.165) is 17.0 Å². The maximum Gasteiger partial charge on any atom is 0.141 e. The number of hydrogen-bond acceptors (Lipinski definition) is 4. The molecule has 0 bridgehead atoms. The summed E-state index contributed by atoms with van der Waals surface area (Å²) in [7, 11) is 1.59. The molecule has 3 aromatic rings. The molecule has 0 atom stereocenters. The second-order valence-corrected chi connectivity index (χ2v) is 4.99. The second kappa shape index (κ2) is 6.44. The number of imidazole rings is 1.